The van der Waals surface area contributed by atoms with E-state index in [1.807, 2.05) is 0 Å². The SMILES string of the molecule is CCC(C)COCCOCCOCCOCCOC1CCNCC1. The zero-order valence-electron chi connectivity index (χ0n) is 15.6. The van der Waals surface area contributed by atoms with Gasteiger partial charge in [-0.15, -0.1) is 0 Å². The predicted octanol–water partition coefficient (Wildman–Crippen LogP) is 1.87. The number of ether oxygens (including phenoxy) is 5. The summed E-state index contributed by atoms with van der Waals surface area (Å²) in [5.41, 5.74) is 0. The maximum Gasteiger partial charge on any atom is 0.0704 e. The van der Waals surface area contributed by atoms with E-state index in [1.54, 1.807) is 0 Å². The lowest BCUT2D eigenvalue weighted by Gasteiger charge is -2.22. The quantitative estimate of drug-likeness (QED) is 0.430. The van der Waals surface area contributed by atoms with Gasteiger partial charge in [-0.25, -0.2) is 0 Å². The summed E-state index contributed by atoms with van der Waals surface area (Å²) in [6.07, 6.45) is 3.76. The van der Waals surface area contributed by atoms with Crippen molar-refractivity contribution >= 4 is 0 Å². The Morgan fingerprint density at radius 1 is 0.792 bits per heavy atom. The second-order valence-corrected chi connectivity index (χ2v) is 6.25. The van der Waals surface area contributed by atoms with Crippen LogP contribution in [0.25, 0.3) is 0 Å². The molecule has 0 aromatic rings. The lowest BCUT2D eigenvalue weighted by Crippen LogP contribution is -2.33. The van der Waals surface area contributed by atoms with Crippen molar-refractivity contribution in [2.24, 2.45) is 5.92 Å². The summed E-state index contributed by atoms with van der Waals surface area (Å²) >= 11 is 0. The lowest BCUT2D eigenvalue weighted by molar-refractivity contribution is -0.0286. The van der Waals surface area contributed by atoms with Crippen molar-refractivity contribution in [3.63, 3.8) is 0 Å². The van der Waals surface area contributed by atoms with Crippen LogP contribution in [0.1, 0.15) is 33.1 Å². The van der Waals surface area contributed by atoms with E-state index >= 15 is 0 Å². The third kappa shape index (κ3) is 13.1. The monoisotopic (exact) mass is 347 g/mol. The number of piperidine rings is 1. The van der Waals surface area contributed by atoms with E-state index in [0.717, 1.165) is 39.0 Å². The van der Waals surface area contributed by atoms with E-state index in [0.29, 0.717) is 64.9 Å². The average Bonchev–Trinajstić information content (AvgIpc) is 2.62. The van der Waals surface area contributed by atoms with Gasteiger partial charge in [0.2, 0.25) is 0 Å². The molecule has 0 saturated carbocycles. The zero-order chi connectivity index (χ0) is 17.3. The summed E-state index contributed by atoms with van der Waals surface area (Å²) < 4.78 is 27.7. The Balaban J connectivity index is 1.69. The fourth-order valence-corrected chi connectivity index (χ4v) is 2.30. The molecule has 0 amide bonds. The molecule has 1 saturated heterocycles. The van der Waals surface area contributed by atoms with Gasteiger partial charge in [0.15, 0.2) is 0 Å². The molecule has 6 heteroatoms. The van der Waals surface area contributed by atoms with Crippen LogP contribution in [0.2, 0.25) is 0 Å². The highest BCUT2D eigenvalue weighted by molar-refractivity contribution is 4.67. The molecule has 0 aromatic carbocycles. The molecule has 6 nitrogen and oxygen atoms in total. The second kappa shape index (κ2) is 16.2. The molecule has 1 aliphatic rings. The molecule has 1 heterocycles. The summed E-state index contributed by atoms with van der Waals surface area (Å²) in [5.74, 6) is 0.624. The minimum Gasteiger partial charge on any atom is -0.379 e. The van der Waals surface area contributed by atoms with Gasteiger partial charge >= 0.3 is 0 Å². The molecular formula is C18H37NO5. The van der Waals surface area contributed by atoms with Gasteiger partial charge in [0, 0.05) is 6.61 Å². The van der Waals surface area contributed by atoms with Gasteiger partial charge in [0.05, 0.1) is 59.0 Å². The first-order valence-electron chi connectivity index (χ1n) is 9.46. The maximum atomic E-state index is 5.76. The molecule has 1 fully saturated rings. The van der Waals surface area contributed by atoms with E-state index < -0.39 is 0 Å². The fourth-order valence-electron chi connectivity index (χ4n) is 2.30. The molecule has 1 aliphatic heterocycles. The van der Waals surface area contributed by atoms with Gasteiger partial charge in [-0.05, 0) is 31.8 Å². The van der Waals surface area contributed by atoms with E-state index in [9.17, 15) is 0 Å². The summed E-state index contributed by atoms with van der Waals surface area (Å²) in [6.45, 7) is 12.3. The van der Waals surface area contributed by atoms with Crippen LogP contribution in [-0.2, 0) is 23.7 Å². The Bertz CT molecular complexity index is 262. The third-order valence-electron chi connectivity index (χ3n) is 4.08. The molecule has 144 valence electrons. The van der Waals surface area contributed by atoms with Crippen molar-refractivity contribution in [2.45, 2.75) is 39.2 Å². The van der Waals surface area contributed by atoms with Crippen LogP contribution in [0.5, 0.6) is 0 Å². The molecule has 1 N–H and O–H groups in total. The molecule has 0 aliphatic carbocycles. The minimum atomic E-state index is 0.400. The van der Waals surface area contributed by atoms with Crippen LogP contribution in [0, 0.1) is 5.92 Å². The second-order valence-electron chi connectivity index (χ2n) is 6.25. The Morgan fingerprint density at radius 3 is 1.83 bits per heavy atom. The zero-order valence-corrected chi connectivity index (χ0v) is 15.6. The normalized spacial score (nSPS) is 17.2. The van der Waals surface area contributed by atoms with Gasteiger partial charge in [-0.3, -0.25) is 0 Å². The highest BCUT2D eigenvalue weighted by atomic mass is 16.6. The van der Waals surface area contributed by atoms with Crippen molar-refractivity contribution in [3.8, 4) is 0 Å². The molecule has 24 heavy (non-hydrogen) atoms. The van der Waals surface area contributed by atoms with Gasteiger partial charge in [0.25, 0.3) is 0 Å². The Hall–Kier alpha value is -0.240. The molecule has 1 atom stereocenters. The van der Waals surface area contributed by atoms with Crippen molar-refractivity contribution < 1.29 is 23.7 Å². The van der Waals surface area contributed by atoms with E-state index in [-0.39, 0.29) is 0 Å². The van der Waals surface area contributed by atoms with Crippen molar-refractivity contribution in [1.29, 1.82) is 0 Å². The molecule has 0 aromatic heterocycles. The van der Waals surface area contributed by atoms with Crippen molar-refractivity contribution in [2.75, 3.05) is 72.6 Å². The van der Waals surface area contributed by atoms with Crippen molar-refractivity contribution in [3.05, 3.63) is 0 Å². The smallest absolute Gasteiger partial charge is 0.0704 e. The summed E-state index contributed by atoms with van der Waals surface area (Å²) in [5, 5.41) is 3.33. The first-order valence-corrected chi connectivity index (χ1v) is 9.46. The van der Waals surface area contributed by atoms with Gasteiger partial charge in [0.1, 0.15) is 0 Å². The van der Waals surface area contributed by atoms with Gasteiger partial charge in [-0.1, -0.05) is 20.3 Å². The number of nitrogens with one attached hydrogen (secondary N) is 1. The van der Waals surface area contributed by atoms with Crippen molar-refractivity contribution in [1.82, 2.24) is 5.32 Å². The highest BCUT2D eigenvalue weighted by Crippen LogP contribution is 2.06. The number of hydrogen-bond donors (Lipinski definition) is 1. The summed E-state index contributed by atoms with van der Waals surface area (Å²) in [6, 6.07) is 0. The first-order chi connectivity index (χ1) is 11.8. The maximum absolute atomic E-state index is 5.76. The molecule has 0 bridgehead atoms. The highest BCUT2D eigenvalue weighted by Gasteiger charge is 2.12. The Labute approximate surface area is 147 Å². The summed E-state index contributed by atoms with van der Waals surface area (Å²) in [7, 11) is 0. The lowest BCUT2D eigenvalue weighted by atomic mass is 10.1. The molecular weight excluding hydrogens is 310 g/mol. The van der Waals surface area contributed by atoms with Crippen LogP contribution in [0.15, 0.2) is 0 Å². The number of hydrogen-bond acceptors (Lipinski definition) is 6. The van der Waals surface area contributed by atoms with Crippen LogP contribution < -0.4 is 5.32 Å². The fraction of sp³-hybridized carbons (Fsp3) is 1.00. The predicted molar refractivity (Wildman–Crippen MR) is 94.6 cm³/mol. The van der Waals surface area contributed by atoms with Crippen LogP contribution in [0.4, 0.5) is 0 Å². The summed E-state index contributed by atoms with van der Waals surface area (Å²) in [4.78, 5) is 0. The van der Waals surface area contributed by atoms with Gasteiger partial charge in [-0.2, -0.15) is 0 Å². The van der Waals surface area contributed by atoms with Crippen LogP contribution in [-0.4, -0.2) is 78.7 Å². The number of rotatable bonds is 16. The van der Waals surface area contributed by atoms with Crippen LogP contribution in [0.3, 0.4) is 0 Å². The molecule has 0 spiro atoms. The van der Waals surface area contributed by atoms with Crippen LogP contribution >= 0.6 is 0 Å². The Morgan fingerprint density at radius 2 is 1.29 bits per heavy atom. The molecule has 1 unspecified atom stereocenters. The minimum absolute atomic E-state index is 0.400. The topological polar surface area (TPSA) is 58.2 Å². The van der Waals surface area contributed by atoms with E-state index in [4.69, 9.17) is 23.7 Å². The van der Waals surface area contributed by atoms with E-state index in [2.05, 4.69) is 19.2 Å². The standard InChI is InChI=1S/C18H37NO5/c1-3-17(2)16-23-13-12-21-9-8-20-10-11-22-14-15-24-18-4-6-19-7-5-18/h17-19H,3-16H2,1-2H3. The van der Waals surface area contributed by atoms with E-state index in [1.165, 1.54) is 0 Å². The average molecular weight is 347 g/mol. The molecule has 1 rings (SSSR count). The van der Waals surface area contributed by atoms with Gasteiger partial charge < -0.3 is 29.0 Å². The Kier molecular flexibility index (Phi) is 14.8. The molecule has 0 radical (unpaired) electrons. The third-order valence-corrected chi connectivity index (χ3v) is 4.08. The first kappa shape index (κ1) is 21.8. The largest absolute Gasteiger partial charge is 0.379 e.